The molecule has 0 saturated heterocycles. The molecule has 84 valence electrons. The molecule has 0 aromatic carbocycles. The zero-order chi connectivity index (χ0) is 11.6. The lowest BCUT2D eigenvalue weighted by molar-refractivity contribution is 0.0883. The quantitative estimate of drug-likeness (QED) is 0.801. The second kappa shape index (κ2) is 4.33. The van der Waals surface area contributed by atoms with E-state index in [0.717, 1.165) is 6.42 Å². The summed E-state index contributed by atoms with van der Waals surface area (Å²) in [6.07, 6.45) is 2.94. The van der Waals surface area contributed by atoms with Crippen molar-refractivity contribution in [3.63, 3.8) is 0 Å². The number of aromatic nitrogens is 2. The average molecular weight is 230 g/mol. The van der Waals surface area contributed by atoms with Gasteiger partial charge in [-0.2, -0.15) is 5.10 Å². The number of hydrogen-bond donors (Lipinski definition) is 1. The van der Waals surface area contributed by atoms with Gasteiger partial charge >= 0.3 is 0 Å². The molecule has 1 aromatic heterocycles. The van der Waals surface area contributed by atoms with Crippen LogP contribution >= 0.6 is 11.6 Å². The third-order valence-corrected chi connectivity index (χ3v) is 2.67. The van der Waals surface area contributed by atoms with Crippen molar-refractivity contribution >= 4 is 17.4 Å². The maximum atomic E-state index is 12.1. The maximum Gasteiger partial charge on any atom is 0.201 e. The number of halogens is 1. The van der Waals surface area contributed by atoms with Gasteiger partial charge in [-0.3, -0.25) is 9.48 Å². The number of nitrogens with two attached hydrogens (primary N) is 1. The van der Waals surface area contributed by atoms with Crippen LogP contribution in [0.5, 0.6) is 0 Å². The van der Waals surface area contributed by atoms with Gasteiger partial charge in [-0.15, -0.1) is 0 Å². The molecule has 0 aliphatic carbocycles. The lowest BCUT2D eigenvalue weighted by atomic mass is 9.90. The van der Waals surface area contributed by atoms with Gasteiger partial charge in [0.1, 0.15) is 5.69 Å². The topological polar surface area (TPSA) is 60.9 Å². The zero-order valence-electron chi connectivity index (χ0n) is 9.25. The highest BCUT2D eigenvalue weighted by molar-refractivity contribution is 6.34. The van der Waals surface area contributed by atoms with Crippen LogP contribution in [0.2, 0.25) is 5.02 Å². The Hall–Kier alpha value is -0.870. The number of aryl methyl sites for hydroxylation is 1. The van der Waals surface area contributed by atoms with Gasteiger partial charge < -0.3 is 5.73 Å². The Morgan fingerprint density at radius 3 is 2.73 bits per heavy atom. The Morgan fingerprint density at radius 1 is 1.73 bits per heavy atom. The summed E-state index contributed by atoms with van der Waals surface area (Å²) in [5.41, 5.74) is 5.47. The summed E-state index contributed by atoms with van der Waals surface area (Å²) in [6, 6.07) is 0. The number of nitrogens with zero attached hydrogens (tertiary/aromatic N) is 2. The van der Waals surface area contributed by atoms with Crippen molar-refractivity contribution in [2.75, 3.05) is 0 Å². The molecule has 0 aliphatic heterocycles. The number of Topliss-reactive ketones (excluding diaryl/α,β-unsaturated/α-hetero) is 1. The van der Waals surface area contributed by atoms with Gasteiger partial charge in [0.2, 0.25) is 5.78 Å². The molecule has 0 amide bonds. The van der Waals surface area contributed by atoms with Crippen LogP contribution in [0.25, 0.3) is 0 Å². The fourth-order valence-corrected chi connectivity index (χ4v) is 1.82. The molecule has 0 radical (unpaired) electrons. The minimum atomic E-state index is -0.869. The predicted molar refractivity (Wildman–Crippen MR) is 60.0 cm³/mol. The van der Waals surface area contributed by atoms with E-state index in [0.29, 0.717) is 17.1 Å². The molecule has 5 heteroatoms. The van der Waals surface area contributed by atoms with Gasteiger partial charge in [0, 0.05) is 7.05 Å². The zero-order valence-corrected chi connectivity index (χ0v) is 10.0. The summed E-state index contributed by atoms with van der Waals surface area (Å²) < 4.78 is 1.46. The summed E-state index contributed by atoms with van der Waals surface area (Å²) in [6.45, 7) is 3.71. The Bertz CT molecular complexity index is 351. The number of carbonyl (C=O) groups excluding carboxylic acids is 1. The van der Waals surface area contributed by atoms with Crippen LogP contribution in [0, 0.1) is 0 Å². The Labute approximate surface area is 94.4 Å². The molecule has 0 saturated carbocycles. The van der Waals surface area contributed by atoms with E-state index >= 15 is 0 Å². The van der Waals surface area contributed by atoms with Gasteiger partial charge in [-0.25, -0.2) is 0 Å². The first-order chi connectivity index (χ1) is 6.90. The monoisotopic (exact) mass is 229 g/mol. The highest BCUT2D eigenvalue weighted by atomic mass is 35.5. The van der Waals surface area contributed by atoms with Crippen molar-refractivity contribution in [2.45, 2.75) is 32.2 Å². The SMILES string of the molecule is CCCC(C)(N)C(=O)c1c(Cl)cnn1C. The summed E-state index contributed by atoms with van der Waals surface area (Å²) in [4.78, 5) is 12.1. The van der Waals surface area contributed by atoms with Crippen molar-refractivity contribution in [1.29, 1.82) is 0 Å². The Kier molecular flexibility index (Phi) is 3.52. The van der Waals surface area contributed by atoms with Crippen molar-refractivity contribution in [3.05, 3.63) is 16.9 Å². The van der Waals surface area contributed by atoms with Crippen LogP contribution < -0.4 is 5.73 Å². The minimum Gasteiger partial charge on any atom is -0.319 e. The molecule has 0 aliphatic rings. The van der Waals surface area contributed by atoms with E-state index in [2.05, 4.69) is 5.10 Å². The van der Waals surface area contributed by atoms with Crippen LogP contribution in [0.15, 0.2) is 6.20 Å². The Balaban J connectivity index is 3.04. The molecular formula is C10H16ClN3O. The van der Waals surface area contributed by atoms with Gasteiger partial charge in [0.25, 0.3) is 0 Å². The molecule has 4 nitrogen and oxygen atoms in total. The minimum absolute atomic E-state index is 0.158. The smallest absolute Gasteiger partial charge is 0.201 e. The van der Waals surface area contributed by atoms with E-state index < -0.39 is 5.54 Å². The molecule has 1 rings (SSSR count). The highest BCUT2D eigenvalue weighted by Crippen LogP contribution is 2.21. The van der Waals surface area contributed by atoms with Gasteiger partial charge in [-0.05, 0) is 13.3 Å². The summed E-state index contributed by atoms with van der Waals surface area (Å²) in [7, 11) is 1.68. The van der Waals surface area contributed by atoms with Crippen LogP contribution in [-0.4, -0.2) is 21.1 Å². The second-order valence-corrected chi connectivity index (χ2v) is 4.37. The lowest BCUT2D eigenvalue weighted by Crippen LogP contribution is -2.45. The molecule has 1 unspecified atom stereocenters. The van der Waals surface area contributed by atoms with Crippen molar-refractivity contribution < 1.29 is 4.79 Å². The first kappa shape index (κ1) is 12.2. The predicted octanol–water partition coefficient (Wildman–Crippen LogP) is 1.77. The molecular weight excluding hydrogens is 214 g/mol. The normalized spacial score (nSPS) is 15.0. The highest BCUT2D eigenvalue weighted by Gasteiger charge is 2.31. The van der Waals surface area contributed by atoms with E-state index in [4.69, 9.17) is 17.3 Å². The fraction of sp³-hybridized carbons (Fsp3) is 0.600. The third kappa shape index (κ3) is 2.38. The first-order valence-electron chi connectivity index (χ1n) is 4.91. The van der Waals surface area contributed by atoms with Gasteiger partial charge in [-0.1, -0.05) is 24.9 Å². The van der Waals surface area contributed by atoms with Crippen LogP contribution in [0.1, 0.15) is 37.2 Å². The molecule has 1 atom stereocenters. The van der Waals surface area contributed by atoms with Gasteiger partial charge in [0.05, 0.1) is 16.8 Å². The summed E-state index contributed by atoms with van der Waals surface area (Å²) in [5, 5.41) is 4.28. The van der Waals surface area contributed by atoms with Crippen molar-refractivity contribution in [3.8, 4) is 0 Å². The molecule has 15 heavy (non-hydrogen) atoms. The molecule has 0 bridgehead atoms. The number of hydrogen-bond acceptors (Lipinski definition) is 3. The van der Waals surface area contributed by atoms with E-state index in [1.54, 1.807) is 14.0 Å². The van der Waals surface area contributed by atoms with Crippen molar-refractivity contribution in [2.24, 2.45) is 12.8 Å². The second-order valence-electron chi connectivity index (χ2n) is 3.96. The number of rotatable bonds is 4. The summed E-state index contributed by atoms with van der Waals surface area (Å²) >= 11 is 5.89. The fourth-order valence-electron chi connectivity index (χ4n) is 1.57. The molecule has 2 N–H and O–H groups in total. The van der Waals surface area contributed by atoms with Crippen LogP contribution in [0.3, 0.4) is 0 Å². The van der Waals surface area contributed by atoms with Crippen LogP contribution in [0.4, 0.5) is 0 Å². The average Bonchev–Trinajstić information content (AvgIpc) is 2.45. The lowest BCUT2D eigenvalue weighted by Gasteiger charge is -2.22. The van der Waals surface area contributed by atoms with Crippen molar-refractivity contribution in [1.82, 2.24) is 9.78 Å². The van der Waals surface area contributed by atoms with E-state index in [1.807, 2.05) is 6.92 Å². The third-order valence-electron chi connectivity index (χ3n) is 2.40. The standard InChI is InChI=1S/C10H16ClN3O/c1-4-5-10(2,12)9(15)8-7(11)6-13-14(8)3/h6H,4-5,12H2,1-3H3. The van der Waals surface area contributed by atoms with Gasteiger partial charge in [0.15, 0.2) is 0 Å². The molecule has 1 heterocycles. The molecule has 1 aromatic rings. The molecule has 0 fully saturated rings. The van der Waals surface area contributed by atoms with E-state index in [1.165, 1.54) is 10.9 Å². The number of ketones is 1. The summed E-state index contributed by atoms with van der Waals surface area (Å²) in [5.74, 6) is -0.158. The number of carbonyl (C=O) groups is 1. The largest absolute Gasteiger partial charge is 0.319 e. The van der Waals surface area contributed by atoms with E-state index in [9.17, 15) is 4.79 Å². The maximum absolute atomic E-state index is 12.1. The Morgan fingerprint density at radius 2 is 2.33 bits per heavy atom. The first-order valence-corrected chi connectivity index (χ1v) is 5.29. The van der Waals surface area contributed by atoms with Crippen LogP contribution in [-0.2, 0) is 7.05 Å². The molecule has 0 spiro atoms. The van der Waals surface area contributed by atoms with E-state index in [-0.39, 0.29) is 5.78 Å².